The molecule has 6 heteroatoms. The molecule has 0 aliphatic heterocycles. The molecule has 0 fully saturated rings. The number of nitrogens with one attached hydrogen (secondary N) is 2. The van der Waals surface area contributed by atoms with E-state index in [-0.39, 0.29) is 5.56 Å². The van der Waals surface area contributed by atoms with E-state index in [1.54, 1.807) is 13.8 Å². The van der Waals surface area contributed by atoms with Crippen LogP contribution >= 0.6 is 0 Å². The van der Waals surface area contributed by atoms with Gasteiger partial charge in [0.1, 0.15) is 11.6 Å². The summed E-state index contributed by atoms with van der Waals surface area (Å²) in [6, 6.07) is 1.35. The lowest BCUT2D eigenvalue weighted by Gasteiger charge is -2.08. The number of aromatic nitrogens is 2. The highest BCUT2D eigenvalue weighted by Crippen LogP contribution is 2.03. The summed E-state index contributed by atoms with van der Waals surface area (Å²) in [6.07, 6.45) is 0.489. The number of carboxylic acids is 1. The van der Waals surface area contributed by atoms with Gasteiger partial charge in [-0.15, -0.1) is 0 Å². The van der Waals surface area contributed by atoms with Crippen LogP contribution in [0.5, 0.6) is 0 Å². The standard InChI is InChI=1S/C10H15N3O3/c1-6(10(15)16)3-4-11-8-5-9(14)13-7(2)12-8/h5-6H,3-4H2,1-2H3,(H,15,16)(H2,11,12,13,14). The van der Waals surface area contributed by atoms with E-state index in [1.165, 1.54) is 6.07 Å². The fourth-order valence-electron chi connectivity index (χ4n) is 1.21. The van der Waals surface area contributed by atoms with Crippen molar-refractivity contribution in [2.75, 3.05) is 11.9 Å². The number of rotatable bonds is 5. The van der Waals surface area contributed by atoms with Crippen molar-refractivity contribution in [1.29, 1.82) is 0 Å². The van der Waals surface area contributed by atoms with Crippen molar-refractivity contribution >= 4 is 11.8 Å². The van der Waals surface area contributed by atoms with Gasteiger partial charge in [-0.05, 0) is 13.3 Å². The second kappa shape index (κ2) is 5.29. The molecule has 0 aliphatic rings. The Balaban J connectivity index is 2.49. The second-order valence-corrected chi connectivity index (χ2v) is 3.67. The third-order valence-electron chi connectivity index (χ3n) is 2.17. The van der Waals surface area contributed by atoms with Gasteiger partial charge >= 0.3 is 5.97 Å². The first-order valence-electron chi connectivity index (χ1n) is 5.03. The van der Waals surface area contributed by atoms with Gasteiger partial charge in [0, 0.05) is 12.6 Å². The average Bonchev–Trinajstić information content (AvgIpc) is 2.15. The fraction of sp³-hybridized carbons (Fsp3) is 0.500. The highest BCUT2D eigenvalue weighted by molar-refractivity contribution is 5.69. The van der Waals surface area contributed by atoms with Crippen LogP contribution in [0.1, 0.15) is 19.2 Å². The SMILES string of the molecule is Cc1nc(NCCC(C)C(=O)O)cc(=O)[nH]1. The topological polar surface area (TPSA) is 95.1 Å². The quantitative estimate of drug-likeness (QED) is 0.682. The average molecular weight is 225 g/mol. The third kappa shape index (κ3) is 3.72. The zero-order valence-electron chi connectivity index (χ0n) is 9.28. The maximum Gasteiger partial charge on any atom is 0.306 e. The molecule has 1 unspecified atom stereocenters. The van der Waals surface area contributed by atoms with Gasteiger partial charge in [0.25, 0.3) is 5.56 Å². The Hall–Kier alpha value is -1.85. The Labute approximate surface area is 92.7 Å². The molecule has 3 N–H and O–H groups in total. The van der Waals surface area contributed by atoms with Gasteiger partial charge in [-0.1, -0.05) is 6.92 Å². The zero-order valence-corrected chi connectivity index (χ0v) is 9.28. The maximum absolute atomic E-state index is 11.1. The van der Waals surface area contributed by atoms with Crippen molar-refractivity contribution in [2.45, 2.75) is 20.3 Å². The molecule has 0 radical (unpaired) electrons. The molecule has 88 valence electrons. The smallest absolute Gasteiger partial charge is 0.306 e. The summed E-state index contributed by atoms with van der Waals surface area (Å²) >= 11 is 0. The van der Waals surface area contributed by atoms with Gasteiger partial charge in [-0.3, -0.25) is 9.59 Å². The van der Waals surface area contributed by atoms with Crippen LogP contribution in [0.15, 0.2) is 10.9 Å². The number of hydrogen-bond donors (Lipinski definition) is 3. The van der Waals surface area contributed by atoms with Crippen molar-refractivity contribution in [1.82, 2.24) is 9.97 Å². The number of aryl methyl sites for hydroxylation is 1. The lowest BCUT2D eigenvalue weighted by molar-refractivity contribution is -0.141. The molecule has 0 aromatic carbocycles. The number of aromatic amines is 1. The van der Waals surface area contributed by atoms with E-state index in [9.17, 15) is 9.59 Å². The summed E-state index contributed by atoms with van der Waals surface area (Å²) in [5.74, 6) is -0.229. The normalized spacial score (nSPS) is 12.1. The first-order valence-corrected chi connectivity index (χ1v) is 5.03. The van der Waals surface area contributed by atoms with Crippen molar-refractivity contribution < 1.29 is 9.90 Å². The summed E-state index contributed by atoms with van der Waals surface area (Å²) in [4.78, 5) is 28.2. The number of H-pyrrole nitrogens is 1. The van der Waals surface area contributed by atoms with E-state index in [0.29, 0.717) is 24.6 Å². The van der Waals surface area contributed by atoms with Gasteiger partial charge in [0.2, 0.25) is 0 Å². The second-order valence-electron chi connectivity index (χ2n) is 3.67. The van der Waals surface area contributed by atoms with Crippen LogP contribution in [0.25, 0.3) is 0 Å². The molecule has 0 saturated heterocycles. The number of hydrogen-bond acceptors (Lipinski definition) is 4. The predicted octanol–water partition coefficient (Wildman–Crippen LogP) is 0.601. The Bertz CT molecular complexity index is 428. The monoisotopic (exact) mass is 225 g/mol. The first-order chi connectivity index (χ1) is 7.49. The number of carboxylic acid groups (broad SMARTS) is 1. The molecule has 6 nitrogen and oxygen atoms in total. The van der Waals surface area contributed by atoms with Crippen molar-refractivity contribution in [2.24, 2.45) is 5.92 Å². The van der Waals surface area contributed by atoms with E-state index in [1.807, 2.05) is 0 Å². The highest BCUT2D eigenvalue weighted by Gasteiger charge is 2.09. The molecule has 0 aliphatic carbocycles. The fourth-order valence-corrected chi connectivity index (χ4v) is 1.21. The van der Waals surface area contributed by atoms with Crippen LogP contribution < -0.4 is 10.9 Å². The van der Waals surface area contributed by atoms with Crippen LogP contribution in [-0.2, 0) is 4.79 Å². The highest BCUT2D eigenvalue weighted by atomic mass is 16.4. The Morgan fingerprint density at radius 2 is 2.38 bits per heavy atom. The van der Waals surface area contributed by atoms with Crippen LogP contribution in [0.4, 0.5) is 5.82 Å². The molecule has 0 bridgehead atoms. The summed E-state index contributed by atoms with van der Waals surface area (Å²) in [6.45, 7) is 3.80. The maximum atomic E-state index is 11.1. The van der Waals surface area contributed by atoms with Crippen molar-refractivity contribution in [3.05, 3.63) is 22.2 Å². The summed E-state index contributed by atoms with van der Waals surface area (Å²) in [5, 5.41) is 11.6. The molecular formula is C10H15N3O3. The van der Waals surface area contributed by atoms with Crippen LogP contribution in [-0.4, -0.2) is 27.6 Å². The summed E-state index contributed by atoms with van der Waals surface area (Å²) in [5.41, 5.74) is -0.221. The molecule has 0 amide bonds. The minimum absolute atomic E-state index is 0.221. The van der Waals surface area contributed by atoms with Gasteiger partial charge in [-0.2, -0.15) is 0 Å². The van der Waals surface area contributed by atoms with Gasteiger partial charge in [0.15, 0.2) is 0 Å². The Kier molecular flexibility index (Phi) is 4.04. The number of nitrogens with zero attached hydrogens (tertiary/aromatic N) is 1. The molecule has 1 atom stereocenters. The Morgan fingerprint density at radius 3 is 2.94 bits per heavy atom. The molecular weight excluding hydrogens is 210 g/mol. The van der Waals surface area contributed by atoms with E-state index < -0.39 is 11.9 Å². The molecule has 0 spiro atoms. The Morgan fingerprint density at radius 1 is 1.69 bits per heavy atom. The summed E-state index contributed by atoms with van der Waals surface area (Å²) < 4.78 is 0. The first kappa shape index (κ1) is 12.2. The number of aliphatic carboxylic acids is 1. The van der Waals surface area contributed by atoms with E-state index >= 15 is 0 Å². The minimum Gasteiger partial charge on any atom is -0.481 e. The van der Waals surface area contributed by atoms with Crippen molar-refractivity contribution in [3.8, 4) is 0 Å². The molecule has 0 saturated carbocycles. The van der Waals surface area contributed by atoms with Gasteiger partial charge < -0.3 is 15.4 Å². The zero-order chi connectivity index (χ0) is 12.1. The van der Waals surface area contributed by atoms with Crippen LogP contribution in [0.3, 0.4) is 0 Å². The molecule has 1 heterocycles. The lowest BCUT2D eigenvalue weighted by atomic mass is 10.1. The van der Waals surface area contributed by atoms with Gasteiger partial charge in [-0.25, -0.2) is 4.98 Å². The van der Waals surface area contributed by atoms with E-state index in [2.05, 4.69) is 15.3 Å². The molecule has 1 aromatic rings. The minimum atomic E-state index is -0.822. The van der Waals surface area contributed by atoms with E-state index in [4.69, 9.17) is 5.11 Å². The number of anilines is 1. The number of carbonyl (C=O) groups is 1. The largest absolute Gasteiger partial charge is 0.481 e. The molecule has 16 heavy (non-hydrogen) atoms. The van der Waals surface area contributed by atoms with Crippen LogP contribution in [0.2, 0.25) is 0 Å². The third-order valence-corrected chi connectivity index (χ3v) is 2.17. The predicted molar refractivity (Wildman–Crippen MR) is 59.5 cm³/mol. The van der Waals surface area contributed by atoms with E-state index in [0.717, 1.165) is 0 Å². The van der Waals surface area contributed by atoms with Crippen molar-refractivity contribution in [3.63, 3.8) is 0 Å². The lowest BCUT2D eigenvalue weighted by Crippen LogP contribution is -2.16. The van der Waals surface area contributed by atoms with Crippen LogP contribution in [0, 0.1) is 12.8 Å². The molecule has 1 rings (SSSR count). The molecule has 1 aromatic heterocycles. The van der Waals surface area contributed by atoms with Gasteiger partial charge in [0.05, 0.1) is 5.92 Å². The summed E-state index contributed by atoms with van der Waals surface area (Å²) in [7, 11) is 0.